The molecule has 1 amide bonds. The van der Waals surface area contributed by atoms with Crippen LogP contribution < -0.4 is 5.32 Å². The smallest absolute Gasteiger partial charge is 0.207 e. The van der Waals surface area contributed by atoms with Crippen molar-refractivity contribution in [2.45, 2.75) is 38.6 Å². The zero-order chi connectivity index (χ0) is 7.40. The first-order chi connectivity index (χ1) is 4.88. The Kier molecular flexibility index (Phi) is 2.72. The van der Waals surface area contributed by atoms with Crippen LogP contribution in [0.5, 0.6) is 0 Å². The van der Waals surface area contributed by atoms with Gasteiger partial charge in [-0.2, -0.15) is 0 Å². The highest BCUT2D eigenvalue weighted by atomic mass is 16.1. The van der Waals surface area contributed by atoms with Gasteiger partial charge in [0.05, 0.1) is 0 Å². The standard InChI is InChI=1S/C8H15NO/c1-2-7-4-3-5-8(7)9-6-10/h6-8H,2-5H2,1H3,(H,9,10). The molecule has 10 heavy (non-hydrogen) atoms. The Morgan fingerprint density at radius 3 is 3.00 bits per heavy atom. The van der Waals surface area contributed by atoms with Crippen LogP contribution in [-0.2, 0) is 4.79 Å². The molecule has 0 aromatic heterocycles. The number of carbonyl (C=O) groups is 1. The van der Waals surface area contributed by atoms with E-state index in [1.165, 1.54) is 25.7 Å². The van der Waals surface area contributed by atoms with Crippen molar-refractivity contribution in [2.24, 2.45) is 5.92 Å². The minimum Gasteiger partial charge on any atom is -0.356 e. The van der Waals surface area contributed by atoms with Crippen molar-refractivity contribution in [1.82, 2.24) is 5.32 Å². The van der Waals surface area contributed by atoms with Crippen LogP contribution in [-0.4, -0.2) is 12.5 Å². The fourth-order valence-electron chi connectivity index (χ4n) is 1.83. The molecule has 0 saturated heterocycles. The predicted molar refractivity (Wildman–Crippen MR) is 40.6 cm³/mol. The van der Waals surface area contributed by atoms with Crippen molar-refractivity contribution in [3.63, 3.8) is 0 Å². The lowest BCUT2D eigenvalue weighted by Crippen LogP contribution is -2.30. The average Bonchev–Trinajstić information content (AvgIpc) is 2.36. The van der Waals surface area contributed by atoms with E-state index in [1.807, 2.05) is 0 Å². The van der Waals surface area contributed by atoms with Crippen molar-refractivity contribution in [3.8, 4) is 0 Å². The molecule has 2 atom stereocenters. The van der Waals surface area contributed by atoms with E-state index in [0.29, 0.717) is 6.04 Å². The fraction of sp³-hybridized carbons (Fsp3) is 0.875. The molecule has 0 aliphatic heterocycles. The Balaban J connectivity index is 2.34. The maximum atomic E-state index is 10.1. The third-order valence-electron chi connectivity index (χ3n) is 2.47. The molecule has 1 saturated carbocycles. The van der Waals surface area contributed by atoms with Crippen LogP contribution >= 0.6 is 0 Å². The summed E-state index contributed by atoms with van der Waals surface area (Å²) in [7, 11) is 0. The first kappa shape index (κ1) is 7.58. The minimum atomic E-state index is 0.475. The summed E-state index contributed by atoms with van der Waals surface area (Å²) >= 11 is 0. The van der Waals surface area contributed by atoms with E-state index in [9.17, 15) is 4.79 Å². The molecule has 0 heterocycles. The summed E-state index contributed by atoms with van der Waals surface area (Å²) in [4.78, 5) is 10.1. The van der Waals surface area contributed by atoms with Gasteiger partial charge >= 0.3 is 0 Å². The molecule has 2 nitrogen and oxygen atoms in total. The van der Waals surface area contributed by atoms with Gasteiger partial charge in [-0.25, -0.2) is 0 Å². The predicted octanol–water partition coefficient (Wildman–Crippen LogP) is 1.31. The van der Waals surface area contributed by atoms with Crippen LogP contribution in [0, 0.1) is 5.92 Å². The number of carbonyl (C=O) groups excluding carboxylic acids is 1. The molecule has 0 spiro atoms. The number of hydrogen-bond acceptors (Lipinski definition) is 1. The van der Waals surface area contributed by atoms with Crippen molar-refractivity contribution < 1.29 is 4.79 Å². The first-order valence-corrected chi connectivity index (χ1v) is 4.08. The van der Waals surface area contributed by atoms with Gasteiger partial charge < -0.3 is 5.32 Å². The fourth-order valence-corrected chi connectivity index (χ4v) is 1.83. The molecule has 0 bridgehead atoms. The molecule has 2 heteroatoms. The second-order valence-electron chi connectivity index (χ2n) is 2.99. The van der Waals surface area contributed by atoms with Gasteiger partial charge in [-0.1, -0.05) is 19.8 Å². The van der Waals surface area contributed by atoms with Crippen molar-refractivity contribution in [1.29, 1.82) is 0 Å². The van der Waals surface area contributed by atoms with E-state index in [-0.39, 0.29) is 0 Å². The highest BCUT2D eigenvalue weighted by molar-refractivity contribution is 5.46. The molecule has 58 valence electrons. The quantitative estimate of drug-likeness (QED) is 0.590. The van der Waals surface area contributed by atoms with Crippen molar-refractivity contribution in [3.05, 3.63) is 0 Å². The molecule has 1 rings (SSSR count). The number of hydrogen-bond donors (Lipinski definition) is 1. The van der Waals surface area contributed by atoms with Gasteiger partial charge in [0.2, 0.25) is 6.41 Å². The lowest BCUT2D eigenvalue weighted by Gasteiger charge is -2.15. The van der Waals surface area contributed by atoms with Gasteiger partial charge in [0.25, 0.3) is 0 Å². The number of nitrogens with one attached hydrogen (secondary N) is 1. The van der Waals surface area contributed by atoms with E-state index in [1.54, 1.807) is 0 Å². The summed E-state index contributed by atoms with van der Waals surface area (Å²) in [6.45, 7) is 2.19. The highest BCUT2D eigenvalue weighted by Crippen LogP contribution is 2.27. The summed E-state index contributed by atoms with van der Waals surface area (Å²) in [6, 6.07) is 0.475. The third-order valence-corrected chi connectivity index (χ3v) is 2.47. The van der Waals surface area contributed by atoms with Crippen LogP contribution in [0.15, 0.2) is 0 Å². The maximum Gasteiger partial charge on any atom is 0.207 e. The zero-order valence-corrected chi connectivity index (χ0v) is 6.47. The van der Waals surface area contributed by atoms with Gasteiger partial charge in [0, 0.05) is 6.04 Å². The summed E-state index contributed by atoms with van der Waals surface area (Å²) in [5.41, 5.74) is 0. The Morgan fingerprint density at radius 2 is 2.40 bits per heavy atom. The largest absolute Gasteiger partial charge is 0.356 e. The second-order valence-corrected chi connectivity index (χ2v) is 2.99. The molecular weight excluding hydrogens is 126 g/mol. The van der Waals surface area contributed by atoms with Gasteiger partial charge in [0.15, 0.2) is 0 Å². The SMILES string of the molecule is CCC1CCCC1NC=O. The normalized spacial score (nSPS) is 32.1. The maximum absolute atomic E-state index is 10.1. The Labute approximate surface area is 62.0 Å². The first-order valence-electron chi connectivity index (χ1n) is 4.08. The molecule has 0 radical (unpaired) electrons. The summed E-state index contributed by atoms with van der Waals surface area (Å²) in [6.07, 6.45) is 5.79. The number of rotatable bonds is 3. The number of amides is 1. The van der Waals surface area contributed by atoms with Gasteiger partial charge in [-0.15, -0.1) is 0 Å². The van der Waals surface area contributed by atoms with Crippen LogP contribution in [0.2, 0.25) is 0 Å². The molecule has 1 N–H and O–H groups in total. The van der Waals surface area contributed by atoms with E-state index in [2.05, 4.69) is 12.2 Å². The average molecular weight is 141 g/mol. The summed E-state index contributed by atoms with van der Waals surface area (Å²) in [5, 5.41) is 2.86. The Morgan fingerprint density at radius 1 is 1.60 bits per heavy atom. The second kappa shape index (κ2) is 3.59. The molecule has 0 aromatic rings. The zero-order valence-electron chi connectivity index (χ0n) is 6.47. The minimum absolute atomic E-state index is 0.475. The lowest BCUT2D eigenvalue weighted by atomic mass is 10.0. The summed E-state index contributed by atoms with van der Waals surface area (Å²) in [5.74, 6) is 0.741. The van der Waals surface area contributed by atoms with Gasteiger partial charge in [-0.3, -0.25) is 4.79 Å². The van der Waals surface area contributed by atoms with Crippen molar-refractivity contribution in [2.75, 3.05) is 0 Å². The van der Waals surface area contributed by atoms with E-state index in [4.69, 9.17) is 0 Å². The molecular formula is C8H15NO. The van der Waals surface area contributed by atoms with Crippen LogP contribution in [0.25, 0.3) is 0 Å². The van der Waals surface area contributed by atoms with Gasteiger partial charge in [0.1, 0.15) is 0 Å². The molecule has 1 fully saturated rings. The Hall–Kier alpha value is -0.530. The third kappa shape index (κ3) is 1.49. The molecule has 2 unspecified atom stereocenters. The topological polar surface area (TPSA) is 29.1 Å². The molecule has 1 aliphatic carbocycles. The van der Waals surface area contributed by atoms with Gasteiger partial charge in [-0.05, 0) is 18.8 Å². The Bertz CT molecular complexity index is 114. The van der Waals surface area contributed by atoms with Crippen LogP contribution in [0.4, 0.5) is 0 Å². The van der Waals surface area contributed by atoms with Crippen LogP contribution in [0.3, 0.4) is 0 Å². The molecule has 1 aliphatic rings. The van der Waals surface area contributed by atoms with E-state index in [0.717, 1.165) is 12.3 Å². The highest BCUT2D eigenvalue weighted by Gasteiger charge is 2.24. The van der Waals surface area contributed by atoms with E-state index < -0.39 is 0 Å². The monoisotopic (exact) mass is 141 g/mol. The summed E-state index contributed by atoms with van der Waals surface area (Å²) < 4.78 is 0. The van der Waals surface area contributed by atoms with E-state index >= 15 is 0 Å². The van der Waals surface area contributed by atoms with Crippen LogP contribution in [0.1, 0.15) is 32.6 Å². The lowest BCUT2D eigenvalue weighted by molar-refractivity contribution is -0.110. The molecule has 0 aromatic carbocycles. The van der Waals surface area contributed by atoms with Crippen molar-refractivity contribution >= 4 is 6.41 Å².